The molecule has 1 heterocycles. The molecule has 0 aromatic carbocycles. The molecule has 1 aromatic heterocycles. The Labute approximate surface area is 140 Å². The molecule has 1 rings (SSSR count). The number of nitrogens with one attached hydrogen (secondary N) is 3. The Hall–Kier alpha value is -2.29. The molecule has 134 valence electrons. The highest BCUT2D eigenvalue weighted by atomic mass is 19.1. The van der Waals surface area contributed by atoms with E-state index < -0.39 is 12.0 Å². The molecule has 2 amide bonds. The van der Waals surface area contributed by atoms with Gasteiger partial charge >= 0.3 is 6.08 Å². The fraction of sp³-hybridized carbons (Fsp3) is 0.600. The maximum absolute atomic E-state index is 13.2. The molecule has 9 heteroatoms. The van der Waals surface area contributed by atoms with E-state index in [1.807, 2.05) is 13.8 Å². The number of anilines is 1. The van der Waals surface area contributed by atoms with E-state index in [-0.39, 0.29) is 29.9 Å². The van der Waals surface area contributed by atoms with Crippen molar-refractivity contribution >= 4 is 17.6 Å². The quantitative estimate of drug-likeness (QED) is 0.458. The van der Waals surface area contributed by atoms with Gasteiger partial charge in [0.15, 0.2) is 0 Å². The molecule has 0 aliphatic rings. The van der Waals surface area contributed by atoms with Gasteiger partial charge in [-0.05, 0) is 19.3 Å². The van der Waals surface area contributed by atoms with Gasteiger partial charge in [0.1, 0.15) is 11.4 Å². The van der Waals surface area contributed by atoms with Gasteiger partial charge in [0, 0.05) is 25.3 Å². The summed E-state index contributed by atoms with van der Waals surface area (Å²) in [6.45, 7) is 4.74. The maximum atomic E-state index is 13.2. The van der Waals surface area contributed by atoms with Crippen LogP contribution >= 0.6 is 0 Å². The van der Waals surface area contributed by atoms with E-state index in [0.29, 0.717) is 19.5 Å². The average molecular weight is 340 g/mol. The SMILES string of the molecule is CCCNc1nc(F)ncc1C(=O)NCCC(CC)NC(=O)CN. The number of hydrogen-bond acceptors (Lipinski definition) is 6. The van der Waals surface area contributed by atoms with Crippen LogP contribution in [0.5, 0.6) is 0 Å². The standard InChI is InChI=1S/C15H25FN6O2/c1-3-6-18-13-11(9-20-15(16)22-13)14(24)19-7-5-10(4-2)21-12(23)8-17/h9-10H,3-8,17H2,1-2H3,(H,19,24)(H,21,23)(H,18,20,22). The van der Waals surface area contributed by atoms with E-state index in [1.165, 1.54) is 0 Å². The Balaban J connectivity index is 2.60. The van der Waals surface area contributed by atoms with Crippen molar-refractivity contribution in [3.05, 3.63) is 17.8 Å². The second kappa shape index (κ2) is 10.5. The highest BCUT2D eigenvalue weighted by molar-refractivity contribution is 5.98. The molecule has 0 aliphatic heterocycles. The Bertz CT molecular complexity index is 555. The second-order valence-electron chi connectivity index (χ2n) is 5.25. The van der Waals surface area contributed by atoms with Crippen LogP contribution in [0.4, 0.5) is 10.2 Å². The predicted octanol–water partition coefficient (Wildman–Crippen LogP) is 0.411. The van der Waals surface area contributed by atoms with Crippen LogP contribution in [0, 0.1) is 6.08 Å². The molecule has 0 bridgehead atoms. The van der Waals surface area contributed by atoms with E-state index in [2.05, 4.69) is 25.9 Å². The molecule has 0 spiro atoms. The van der Waals surface area contributed by atoms with Crippen molar-refractivity contribution in [2.45, 2.75) is 39.2 Å². The van der Waals surface area contributed by atoms with Crippen molar-refractivity contribution in [1.82, 2.24) is 20.6 Å². The number of aromatic nitrogens is 2. The van der Waals surface area contributed by atoms with Gasteiger partial charge in [0.05, 0.1) is 6.54 Å². The van der Waals surface area contributed by atoms with E-state index in [0.717, 1.165) is 19.0 Å². The smallest absolute Gasteiger partial charge is 0.310 e. The van der Waals surface area contributed by atoms with E-state index in [4.69, 9.17) is 5.73 Å². The minimum atomic E-state index is -0.888. The number of carbonyl (C=O) groups excluding carboxylic acids is 2. The lowest BCUT2D eigenvalue weighted by Crippen LogP contribution is -2.40. The zero-order valence-electron chi connectivity index (χ0n) is 14.1. The lowest BCUT2D eigenvalue weighted by Gasteiger charge is -2.17. The first-order valence-electron chi connectivity index (χ1n) is 8.05. The van der Waals surface area contributed by atoms with Gasteiger partial charge in [-0.2, -0.15) is 9.37 Å². The molecule has 0 fully saturated rings. The fourth-order valence-electron chi connectivity index (χ4n) is 2.02. The molecule has 0 saturated carbocycles. The average Bonchev–Trinajstić information content (AvgIpc) is 2.58. The topological polar surface area (TPSA) is 122 Å². The van der Waals surface area contributed by atoms with Crippen LogP contribution in [0.15, 0.2) is 6.20 Å². The molecule has 0 radical (unpaired) electrons. The summed E-state index contributed by atoms with van der Waals surface area (Å²) in [5.41, 5.74) is 5.45. The predicted molar refractivity (Wildman–Crippen MR) is 89.0 cm³/mol. The number of amides is 2. The molecule has 1 atom stereocenters. The first-order chi connectivity index (χ1) is 11.5. The minimum absolute atomic E-state index is 0.0662. The first-order valence-corrected chi connectivity index (χ1v) is 8.05. The first kappa shape index (κ1) is 19.8. The van der Waals surface area contributed by atoms with Crippen molar-refractivity contribution in [2.24, 2.45) is 5.73 Å². The van der Waals surface area contributed by atoms with Crippen molar-refractivity contribution in [2.75, 3.05) is 25.0 Å². The van der Waals surface area contributed by atoms with E-state index in [1.54, 1.807) is 0 Å². The Kier molecular flexibility index (Phi) is 8.63. The van der Waals surface area contributed by atoms with Crippen LogP contribution in [-0.4, -0.2) is 47.5 Å². The Morgan fingerprint density at radius 3 is 2.71 bits per heavy atom. The van der Waals surface area contributed by atoms with Gasteiger partial charge in [-0.1, -0.05) is 13.8 Å². The largest absolute Gasteiger partial charge is 0.369 e. The van der Waals surface area contributed by atoms with Crippen LogP contribution in [0.1, 0.15) is 43.5 Å². The number of halogens is 1. The van der Waals surface area contributed by atoms with Gasteiger partial charge in [-0.15, -0.1) is 0 Å². The molecule has 24 heavy (non-hydrogen) atoms. The zero-order valence-corrected chi connectivity index (χ0v) is 14.1. The van der Waals surface area contributed by atoms with Crippen molar-refractivity contribution in [3.63, 3.8) is 0 Å². The Morgan fingerprint density at radius 2 is 2.08 bits per heavy atom. The summed E-state index contributed by atoms with van der Waals surface area (Å²) in [4.78, 5) is 30.6. The normalized spacial score (nSPS) is 11.7. The summed E-state index contributed by atoms with van der Waals surface area (Å²) in [6.07, 6.45) is 2.37. The molecule has 1 aromatic rings. The second-order valence-corrected chi connectivity index (χ2v) is 5.25. The van der Waals surface area contributed by atoms with Crippen LogP contribution in [0.2, 0.25) is 0 Å². The maximum Gasteiger partial charge on any atom is 0.310 e. The third-order valence-electron chi connectivity index (χ3n) is 3.37. The molecule has 0 aliphatic carbocycles. The number of nitrogens with zero attached hydrogens (tertiary/aromatic N) is 2. The van der Waals surface area contributed by atoms with Gasteiger partial charge < -0.3 is 21.7 Å². The number of carbonyl (C=O) groups is 2. The van der Waals surface area contributed by atoms with Crippen molar-refractivity contribution in [1.29, 1.82) is 0 Å². The lowest BCUT2D eigenvalue weighted by atomic mass is 10.1. The van der Waals surface area contributed by atoms with E-state index >= 15 is 0 Å². The molecule has 0 saturated heterocycles. The van der Waals surface area contributed by atoms with Crippen LogP contribution in [0.3, 0.4) is 0 Å². The highest BCUT2D eigenvalue weighted by Crippen LogP contribution is 2.11. The molecule has 8 nitrogen and oxygen atoms in total. The summed E-state index contributed by atoms with van der Waals surface area (Å²) in [6, 6.07) is -0.0662. The van der Waals surface area contributed by atoms with Crippen LogP contribution < -0.4 is 21.7 Å². The molecular weight excluding hydrogens is 315 g/mol. The number of hydrogen-bond donors (Lipinski definition) is 4. The fourth-order valence-corrected chi connectivity index (χ4v) is 2.02. The summed E-state index contributed by atoms with van der Waals surface area (Å²) in [5.74, 6) is -0.454. The van der Waals surface area contributed by atoms with Crippen LogP contribution in [-0.2, 0) is 4.79 Å². The van der Waals surface area contributed by atoms with Crippen molar-refractivity contribution < 1.29 is 14.0 Å². The summed E-state index contributed by atoms with van der Waals surface area (Å²) in [7, 11) is 0. The number of rotatable bonds is 10. The minimum Gasteiger partial charge on any atom is -0.369 e. The highest BCUT2D eigenvalue weighted by Gasteiger charge is 2.15. The van der Waals surface area contributed by atoms with Gasteiger partial charge in [0.25, 0.3) is 5.91 Å². The lowest BCUT2D eigenvalue weighted by molar-refractivity contribution is -0.120. The Morgan fingerprint density at radius 1 is 1.33 bits per heavy atom. The monoisotopic (exact) mass is 340 g/mol. The third-order valence-corrected chi connectivity index (χ3v) is 3.37. The molecular formula is C15H25FN6O2. The zero-order chi connectivity index (χ0) is 17.9. The van der Waals surface area contributed by atoms with Gasteiger partial charge in [-0.25, -0.2) is 4.98 Å². The van der Waals surface area contributed by atoms with Gasteiger partial charge in [0.2, 0.25) is 5.91 Å². The third kappa shape index (κ3) is 6.45. The van der Waals surface area contributed by atoms with E-state index in [9.17, 15) is 14.0 Å². The summed E-state index contributed by atoms with van der Waals surface area (Å²) in [5, 5.41) is 8.41. The number of nitrogens with two attached hydrogens (primary N) is 1. The molecule has 5 N–H and O–H groups in total. The summed E-state index contributed by atoms with van der Waals surface area (Å²) < 4.78 is 13.2. The van der Waals surface area contributed by atoms with Crippen LogP contribution in [0.25, 0.3) is 0 Å². The summed E-state index contributed by atoms with van der Waals surface area (Å²) >= 11 is 0. The van der Waals surface area contributed by atoms with Crippen molar-refractivity contribution in [3.8, 4) is 0 Å². The molecule has 1 unspecified atom stereocenters. The van der Waals surface area contributed by atoms with Gasteiger partial charge in [-0.3, -0.25) is 9.59 Å².